The van der Waals surface area contributed by atoms with Crippen LogP contribution in [0.1, 0.15) is 22.7 Å². The van der Waals surface area contributed by atoms with Crippen molar-refractivity contribution in [3.63, 3.8) is 0 Å². The molecule has 0 saturated carbocycles. The zero-order chi connectivity index (χ0) is 23.2. The molecule has 4 rings (SSSR count). The van der Waals surface area contributed by atoms with Crippen molar-refractivity contribution in [2.75, 3.05) is 32.6 Å². The molecule has 2 heterocycles. The van der Waals surface area contributed by atoms with E-state index in [0.717, 1.165) is 25.1 Å². The summed E-state index contributed by atoms with van der Waals surface area (Å²) in [6.45, 7) is 2.05. The van der Waals surface area contributed by atoms with Crippen LogP contribution in [-0.4, -0.2) is 44.0 Å². The van der Waals surface area contributed by atoms with Crippen LogP contribution in [0.15, 0.2) is 59.3 Å². The third-order valence-corrected chi connectivity index (χ3v) is 6.53. The van der Waals surface area contributed by atoms with Crippen LogP contribution in [0.4, 0.5) is 5.69 Å². The van der Waals surface area contributed by atoms with E-state index in [4.69, 9.17) is 9.47 Å². The van der Waals surface area contributed by atoms with Gasteiger partial charge in [-0.15, -0.1) is 0 Å². The van der Waals surface area contributed by atoms with Crippen LogP contribution in [0, 0.1) is 0 Å². The molecule has 2 aromatic carbocycles. The first-order valence-electron chi connectivity index (χ1n) is 10.7. The summed E-state index contributed by atoms with van der Waals surface area (Å²) in [6, 6.07) is 15.5. The van der Waals surface area contributed by atoms with Gasteiger partial charge in [0.1, 0.15) is 0 Å². The standard InChI is InChI=1S/C25H27N3O4S/c1-31-22-8-7-20(13-23(22)32-2)27-25(30)24(29)26-14-21(19-10-12-33-16-19)28-11-9-17-5-3-4-6-18(17)15-28/h3-8,10,12-13,16,21H,9,11,14-15H2,1-2H3,(H,26,29)(H,27,30). The molecule has 0 radical (unpaired) electrons. The van der Waals surface area contributed by atoms with Crippen molar-refractivity contribution >= 4 is 28.8 Å². The van der Waals surface area contributed by atoms with E-state index < -0.39 is 11.8 Å². The van der Waals surface area contributed by atoms with Gasteiger partial charge in [-0.3, -0.25) is 14.5 Å². The number of anilines is 1. The molecule has 172 valence electrons. The fourth-order valence-corrected chi connectivity index (χ4v) is 4.78. The minimum Gasteiger partial charge on any atom is -0.493 e. The number of ether oxygens (including phenoxy) is 2. The number of thiophene rings is 1. The molecule has 2 N–H and O–H groups in total. The van der Waals surface area contributed by atoms with E-state index in [9.17, 15) is 9.59 Å². The third kappa shape index (κ3) is 5.35. The Morgan fingerprint density at radius 3 is 2.55 bits per heavy atom. The first kappa shape index (κ1) is 22.8. The van der Waals surface area contributed by atoms with Crippen molar-refractivity contribution < 1.29 is 19.1 Å². The van der Waals surface area contributed by atoms with Gasteiger partial charge >= 0.3 is 11.8 Å². The number of amides is 2. The Labute approximate surface area is 197 Å². The van der Waals surface area contributed by atoms with E-state index in [1.807, 2.05) is 5.38 Å². The number of benzene rings is 2. The molecule has 0 saturated heterocycles. The average Bonchev–Trinajstić information content (AvgIpc) is 3.38. The number of fused-ring (bicyclic) bond motifs is 1. The highest BCUT2D eigenvalue weighted by Gasteiger charge is 2.26. The van der Waals surface area contributed by atoms with Crippen LogP contribution in [0.25, 0.3) is 0 Å². The maximum Gasteiger partial charge on any atom is 0.313 e. The van der Waals surface area contributed by atoms with Crippen molar-refractivity contribution in [3.8, 4) is 11.5 Å². The topological polar surface area (TPSA) is 79.9 Å². The number of methoxy groups -OCH3 is 2. The molecule has 0 fully saturated rings. The summed E-state index contributed by atoms with van der Waals surface area (Å²) in [5, 5.41) is 9.57. The minimum atomic E-state index is -0.727. The molecule has 8 heteroatoms. The molecule has 0 bridgehead atoms. The average molecular weight is 466 g/mol. The number of hydrogen-bond donors (Lipinski definition) is 2. The van der Waals surface area contributed by atoms with Gasteiger partial charge in [0.05, 0.1) is 20.3 Å². The van der Waals surface area contributed by atoms with Crippen LogP contribution in [0.5, 0.6) is 11.5 Å². The van der Waals surface area contributed by atoms with E-state index in [0.29, 0.717) is 23.7 Å². The van der Waals surface area contributed by atoms with Gasteiger partial charge in [0.15, 0.2) is 11.5 Å². The second-order valence-corrected chi connectivity index (χ2v) is 8.58. The van der Waals surface area contributed by atoms with Crippen LogP contribution in [0.2, 0.25) is 0 Å². The summed E-state index contributed by atoms with van der Waals surface area (Å²) >= 11 is 1.63. The molecule has 1 aliphatic rings. The highest BCUT2D eigenvalue weighted by Crippen LogP contribution is 2.30. The van der Waals surface area contributed by atoms with E-state index in [2.05, 4.69) is 51.2 Å². The Kier molecular flexibility index (Phi) is 7.26. The fourth-order valence-electron chi connectivity index (χ4n) is 4.08. The number of nitrogens with zero attached hydrogens (tertiary/aromatic N) is 1. The summed E-state index contributed by atoms with van der Waals surface area (Å²) < 4.78 is 10.5. The number of hydrogen-bond acceptors (Lipinski definition) is 6. The quantitative estimate of drug-likeness (QED) is 0.521. The Morgan fingerprint density at radius 2 is 1.82 bits per heavy atom. The molecular formula is C25H27N3O4S. The molecule has 7 nitrogen and oxygen atoms in total. The van der Waals surface area contributed by atoms with E-state index in [1.165, 1.54) is 25.3 Å². The van der Waals surface area contributed by atoms with E-state index in [-0.39, 0.29) is 6.04 Å². The molecule has 1 aliphatic heterocycles. The monoisotopic (exact) mass is 465 g/mol. The Balaban J connectivity index is 1.41. The minimum absolute atomic E-state index is 0.0116. The molecular weight excluding hydrogens is 438 g/mol. The molecule has 2 amide bonds. The lowest BCUT2D eigenvalue weighted by Crippen LogP contribution is -2.43. The predicted molar refractivity (Wildman–Crippen MR) is 129 cm³/mol. The van der Waals surface area contributed by atoms with Crippen molar-refractivity contribution in [1.29, 1.82) is 0 Å². The lowest BCUT2D eigenvalue weighted by molar-refractivity contribution is -0.136. The first-order chi connectivity index (χ1) is 16.1. The van der Waals surface area contributed by atoms with Crippen LogP contribution in [-0.2, 0) is 22.6 Å². The largest absolute Gasteiger partial charge is 0.493 e. The van der Waals surface area contributed by atoms with Crippen molar-refractivity contribution in [2.45, 2.75) is 19.0 Å². The van der Waals surface area contributed by atoms with E-state index in [1.54, 1.807) is 29.5 Å². The first-order valence-corrected chi connectivity index (χ1v) is 11.7. The SMILES string of the molecule is COc1ccc(NC(=O)C(=O)NCC(c2ccsc2)N2CCc3ccccc3C2)cc1OC. The highest BCUT2D eigenvalue weighted by molar-refractivity contribution is 7.08. The van der Waals surface area contributed by atoms with Crippen LogP contribution >= 0.6 is 11.3 Å². The molecule has 1 aromatic heterocycles. The number of carbonyl (C=O) groups excluding carboxylic acids is 2. The number of carbonyl (C=O) groups is 2. The third-order valence-electron chi connectivity index (χ3n) is 5.83. The molecule has 1 atom stereocenters. The molecule has 1 unspecified atom stereocenters. The lowest BCUT2D eigenvalue weighted by atomic mass is 9.97. The zero-order valence-corrected chi connectivity index (χ0v) is 19.5. The summed E-state index contributed by atoms with van der Waals surface area (Å²) in [5.74, 6) is -0.391. The van der Waals surface area contributed by atoms with Gasteiger partial charge in [-0.2, -0.15) is 11.3 Å². The Hall–Kier alpha value is -3.36. The molecule has 3 aromatic rings. The van der Waals surface area contributed by atoms with Crippen molar-refractivity contribution in [3.05, 3.63) is 76.0 Å². The Morgan fingerprint density at radius 1 is 1.03 bits per heavy atom. The second-order valence-electron chi connectivity index (χ2n) is 7.80. The van der Waals surface area contributed by atoms with Crippen LogP contribution in [0.3, 0.4) is 0 Å². The number of rotatable bonds is 7. The predicted octanol–water partition coefficient (Wildman–Crippen LogP) is 3.62. The van der Waals surface area contributed by atoms with Crippen molar-refractivity contribution in [2.24, 2.45) is 0 Å². The highest BCUT2D eigenvalue weighted by atomic mass is 32.1. The van der Waals surface area contributed by atoms with Gasteiger partial charge in [-0.1, -0.05) is 24.3 Å². The van der Waals surface area contributed by atoms with Gasteiger partial charge < -0.3 is 20.1 Å². The second kappa shape index (κ2) is 10.5. The summed E-state index contributed by atoms with van der Waals surface area (Å²) in [5.41, 5.74) is 4.27. The fraction of sp³-hybridized carbons (Fsp3) is 0.280. The summed E-state index contributed by atoms with van der Waals surface area (Å²) in [6.07, 6.45) is 0.963. The molecule has 33 heavy (non-hydrogen) atoms. The summed E-state index contributed by atoms with van der Waals surface area (Å²) in [7, 11) is 3.05. The lowest BCUT2D eigenvalue weighted by Gasteiger charge is -2.35. The van der Waals surface area contributed by atoms with Gasteiger partial charge in [0.2, 0.25) is 0 Å². The van der Waals surface area contributed by atoms with Gasteiger partial charge in [0, 0.05) is 31.4 Å². The zero-order valence-electron chi connectivity index (χ0n) is 18.7. The normalized spacial score (nSPS) is 14.1. The smallest absolute Gasteiger partial charge is 0.313 e. The maximum absolute atomic E-state index is 12.6. The molecule has 0 aliphatic carbocycles. The van der Waals surface area contributed by atoms with E-state index >= 15 is 0 Å². The number of nitrogens with one attached hydrogen (secondary N) is 2. The van der Waals surface area contributed by atoms with Gasteiger partial charge in [-0.05, 0) is 52.1 Å². The van der Waals surface area contributed by atoms with Gasteiger partial charge in [-0.25, -0.2) is 0 Å². The summed E-state index contributed by atoms with van der Waals surface area (Å²) in [4.78, 5) is 27.4. The van der Waals surface area contributed by atoms with Crippen molar-refractivity contribution in [1.82, 2.24) is 10.2 Å². The maximum atomic E-state index is 12.6. The Bertz CT molecular complexity index is 1120. The molecule has 0 spiro atoms. The van der Waals surface area contributed by atoms with Crippen LogP contribution < -0.4 is 20.1 Å². The van der Waals surface area contributed by atoms with Gasteiger partial charge in [0.25, 0.3) is 0 Å².